The number of nitrogens with zero attached hydrogens (tertiary/aromatic N) is 5. The van der Waals surface area contributed by atoms with Gasteiger partial charge in [0, 0.05) is 43.6 Å². The van der Waals surface area contributed by atoms with E-state index in [4.69, 9.17) is 10.7 Å². The molecule has 0 atom stereocenters. The highest BCUT2D eigenvalue weighted by Gasteiger charge is 2.29. The summed E-state index contributed by atoms with van der Waals surface area (Å²) in [7, 11) is 0. The fraction of sp³-hybridized carbons (Fsp3) is 0.500. The van der Waals surface area contributed by atoms with E-state index in [2.05, 4.69) is 19.2 Å². The molecule has 2 fully saturated rings. The first-order chi connectivity index (χ1) is 10.3. The number of pyridine rings is 1. The molecule has 7 heteroatoms. The molecular formula is C14H18N6S. The minimum Gasteiger partial charge on any atom is -0.384 e. The van der Waals surface area contributed by atoms with Gasteiger partial charge in [-0.2, -0.15) is 4.37 Å². The predicted molar refractivity (Wildman–Crippen MR) is 85.0 cm³/mol. The Morgan fingerprint density at radius 3 is 2.52 bits per heavy atom. The van der Waals surface area contributed by atoms with Gasteiger partial charge in [0.2, 0.25) is 5.13 Å². The van der Waals surface area contributed by atoms with Crippen molar-refractivity contribution in [3.8, 4) is 0 Å². The van der Waals surface area contributed by atoms with Crippen molar-refractivity contribution in [3.05, 3.63) is 24.2 Å². The second kappa shape index (κ2) is 5.14. The molecule has 1 saturated heterocycles. The maximum Gasteiger partial charge on any atom is 0.205 e. The zero-order valence-electron chi connectivity index (χ0n) is 11.8. The molecule has 4 rings (SSSR count). The molecule has 2 aromatic rings. The smallest absolute Gasteiger partial charge is 0.205 e. The largest absolute Gasteiger partial charge is 0.384 e. The Morgan fingerprint density at radius 1 is 1.10 bits per heavy atom. The molecule has 21 heavy (non-hydrogen) atoms. The number of piperazine rings is 1. The number of anilines is 3. The lowest BCUT2D eigenvalue weighted by molar-refractivity contribution is 0.650. The molecule has 1 aliphatic carbocycles. The van der Waals surface area contributed by atoms with Gasteiger partial charge in [-0.15, -0.1) is 0 Å². The third-order valence-electron chi connectivity index (χ3n) is 4.06. The molecule has 3 heterocycles. The van der Waals surface area contributed by atoms with Gasteiger partial charge in [-0.25, -0.2) is 9.97 Å². The number of rotatable bonds is 3. The summed E-state index contributed by atoms with van der Waals surface area (Å²) in [5, 5.41) is 1.08. The van der Waals surface area contributed by atoms with Crippen LogP contribution in [0.15, 0.2) is 18.3 Å². The van der Waals surface area contributed by atoms with Crippen molar-refractivity contribution in [2.75, 3.05) is 41.7 Å². The van der Waals surface area contributed by atoms with Crippen molar-refractivity contribution in [1.82, 2.24) is 14.3 Å². The third kappa shape index (κ3) is 2.65. The average Bonchev–Trinajstić information content (AvgIpc) is 3.26. The van der Waals surface area contributed by atoms with E-state index in [9.17, 15) is 0 Å². The molecule has 0 spiro atoms. The van der Waals surface area contributed by atoms with Crippen LogP contribution in [0.1, 0.15) is 24.6 Å². The van der Waals surface area contributed by atoms with Crippen LogP contribution in [0.4, 0.5) is 16.6 Å². The maximum atomic E-state index is 5.63. The standard InChI is InChI=1S/C14H18N6S/c15-12-4-3-11(9-16-12)19-5-7-20(8-6-19)14-17-13(18-21-14)10-1-2-10/h3-4,9-10H,1-2,5-8H2,(H2,15,16). The van der Waals surface area contributed by atoms with Gasteiger partial charge in [0.25, 0.3) is 0 Å². The summed E-state index contributed by atoms with van der Waals surface area (Å²) in [6, 6.07) is 3.89. The van der Waals surface area contributed by atoms with E-state index in [1.165, 1.54) is 12.8 Å². The molecular weight excluding hydrogens is 284 g/mol. The lowest BCUT2D eigenvalue weighted by Crippen LogP contribution is -2.46. The van der Waals surface area contributed by atoms with E-state index in [0.717, 1.165) is 42.8 Å². The lowest BCUT2D eigenvalue weighted by atomic mass is 10.3. The van der Waals surface area contributed by atoms with E-state index in [0.29, 0.717) is 11.7 Å². The van der Waals surface area contributed by atoms with Crippen LogP contribution in [-0.4, -0.2) is 40.5 Å². The summed E-state index contributed by atoms with van der Waals surface area (Å²) in [4.78, 5) is 13.5. The van der Waals surface area contributed by atoms with Crippen LogP contribution in [0, 0.1) is 0 Å². The molecule has 110 valence electrons. The van der Waals surface area contributed by atoms with Crippen LogP contribution in [0.3, 0.4) is 0 Å². The van der Waals surface area contributed by atoms with Crippen molar-refractivity contribution in [1.29, 1.82) is 0 Å². The van der Waals surface area contributed by atoms with Crippen LogP contribution >= 0.6 is 11.5 Å². The number of hydrogen-bond acceptors (Lipinski definition) is 7. The van der Waals surface area contributed by atoms with Crippen molar-refractivity contribution >= 4 is 28.2 Å². The normalized spacial score (nSPS) is 19.0. The molecule has 6 nitrogen and oxygen atoms in total. The fourth-order valence-electron chi connectivity index (χ4n) is 2.60. The summed E-state index contributed by atoms with van der Waals surface area (Å²) in [5.74, 6) is 2.26. The minimum absolute atomic E-state index is 0.568. The average molecular weight is 302 g/mol. The predicted octanol–water partition coefficient (Wildman–Crippen LogP) is 1.72. The molecule has 0 bridgehead atoms. The van der Waals surface area contributed by atoms with Crippen LogP contribution in [0.5, 0.6) is 0 Å². The van der Waals surface area contributed by atoms with Gasteiger partial charge in [0.05, 0.1) is 11.9 Å². The molecule has 2 N–H and O–H groups in total. The van der Waals surface area contributed by atoms with Gasteiger partial charge in [-0.1, -0.05) is 0 Å². The molecule has 0 aromatic carbocycles. The van der Waals surface area contributed by atoms with Gasteiger partial charge >= 0.3 is 0 Å². The third-order valence-corrected chi connectivity index (χ3v) is 4.85. The zero-order valence-corrected chi connectivity index (χ0v) is 12.6. The van der Waals surface area contributed by atoms with Crippen LogP contribution < -0.4 is 15.5 Å². The highest BCUT2D eigenvalue weighted by molar-refractivity contribution is 7.09. The summed E-state index contributed by atoms with van der Waals surface area (Å²) in [6.45, 7) is 3.90. The highest BCUT2D eigenvalue weighted by atomic mass is 32.1. The summed E-state index contributed by atoms with van der Waals surface area (Å²) in [6.07, 6.45) is 4.36. The first-order valence-corrected chi connectivity index (χ1v) is 8.12. The van der Waals surface area contributed by atoms with Crippen LogP contribution in [0.2, 0.25) is 0 Å². The van der Waals surface area contributed by atoms with Crippen LogP contribution in [-0.2, 0) is 0 Å². The molecule has 2 aliphatic rings. The number of nitrogen functional groups attached to an aromatic ring is 1. The molecule has 1 saturated carbocycles. The van der Waals surface area contributed by atoms with Crippen LogP contribution in [0.25, 0.3) is 0 Å². The number of hydrogen-bond donors (Lipinski definition) is 1. The van der Waals surface area contributed by atoms with Crippen molar-refractivity contribution in [2.45, 2.75) is 18.8 Å². The zero-order chi connectivity index (χ0) is 14.2. The summed E-state index contributed by atoms with van der Waals surface area (Å²) in [5.41, 5.74) is 6.77. The SMILES string of the molecule is Nc1ccc(N2CCN(c3nc(C4CC4)ns3)CC2)cn1. The molecule has 0 radical (unpaired) electrons. The van der Waals surface area contributed by atoms with E-state index in [1.807, 2.05) is 18.3 Å². The van der Waals surface area contributed by atoms with E-state index in [-0.39, 0.29) is 0 Å². The van der Waals surface area contributed by atoms with Crippen molar-refractivity contribution in [2.24, 2.45) is 0 Å². The Morgan fingerprint density at radius 2 is 1.86 bits per heavy atom. The molecule has 2 aromatic heterocycles. The summed E-state index contributed by atoms with van der Waals surface area (Å²) >= 11 is 1.54. The Kier molecular flexibility index (Phi) is 3.14. The molecule has 1 aliphatic heterocycles. The van der Waals surface area contributed by atoms with Gasteiger partial charge in [-0.05, 0) is 25.0 Å². The first-order valence-electron chi connectivity index (χ1n) is 7.34. The second-order valence-corrected chi connectivity index (χ2v) is 6.36. The lowest BCUT2D eigenvalue weighted by Gasteiger charge is -2.35. The molecule has 0 amide bonds. The van der Waals surface area contributed by atoms with E-state index in [1.54, 1.807) is 11.5 Å². The monoisotopic (exact) mass is 302 g/mol. The quantitative estimate of drug-likeness (QED) is 0.931. The van der Waals surface area contributed by atoms with Gasteiger partial charge in [0.1, 0.15) is 11.6 Å². The van der Waals surface area contributed by atoms with Crippen molar-refractivity contribution < 1.29 is 0 Å². The van der Waals surface area contributed by atoms with E-state index < -0.39 is 0 Å². The maximum absolute atomic E-state index is 5.63. The number of aromatic nitrogens is 3. The minimum atomic E-state index is 0.568. The van der Waals surface area contributed by atoms with Crippen molar-refractivity contribution in [3.63, 3.8) is 0 Å². The second-order valence-electron chi connectivity index (χ2n) is 5.62. The van der Waals surface area contributed by atoms with Gasteiger partial charge < -0.3 is 15.5 Å². The molecule has 0 unspecified atom stereocenters. The first kappa shape index (κ1) is 12.8. The van der Waals surface area contributed by atoms with Gasteiger partial charge in [0.15, 0.2) is 0 Å². The fourth-order valence-corrected chi connectivity index (χ4v) is 3.40. The number of nitrogens with two attached hydrogens (primary N) is 1. The highest BCUT2D eigenvalue weighted by Crippen LogP contribution is 2.39. The van der Waals surface area contributed by atoms with Gasteiger partial charge in [-0.3, -0.25) is 0 Å². The topological polar surface area (TPSA) is 71.2 Å². The Hall–Kier alpha value is -1.89. The Balaban J connectivity index is 1.40. The Bertz CT molecular complexity index is 613. The summed E-state index contributed by atoms with van der Waals surface area (Å²) < 4.78 is 4.49. The van der Waals surface area contributed by atoms with E-state index >= 15 is 0 Å². The Labute approximate surface area is 127 Å².